The van der Waals surface area contributed by atoms with Crippen molar-refractivity contribution in [2.45, 2.75) is 291 Å². The molecule has 0 unspecified atom stereocenters. The zero-order valence-corrected chi connectivity index (χ0v) is 92.1. The van der Waals surface area contributed by atoms with Crippen molar-refractivity contribution in [2.75, 3.05) is 0 Å². The van der Waals surface area contributed by atoms with Crippen LogP contribution in [0.2, 0.25) is 0 Å². The number of halogens is 12. The first-order chi connectivity index (χ1) is 63.8. The first kappa shape index (κ1) is 112. The number of fused-ring (bicyclic) bond motifs is 16. The van der Waals surface area contributed by atoms with Gasteiger partial charge in [0.15, 0.2) is 28.7 Å². The molecule has 0 amide bonds. The number of hydrogen-bond acceptors (Lipinski definition) is 14. The Labute approximate surface area is 875 Å². The molecule has 2 heterocycles. The van der Waals surface area contributed by atoms with Gasteiger partial charge in [-0.05, 0) is 201 Å². The first-order valence-electron chi connectivity index (χ1n) is 45.7. The Morgan fingerprint density at radius 1 is 0.246 bits per heavy atom. The molecule has 10 aromatic carbocycles. The number of aromatic hydroxyl groups is 6. The molecule has 0 spiro atoms. The Morgan fingerprint density at radius 2 is 0.391 bits per heavy atom. The number of azo groups is 1. The van der Waals surface area contributed by atoms with E-state index in [2.05, 4.69) is 284 Å². The van der Waals surface area contributed by atoms with Crippen molar-refractivity contribution in [2.24, 2.45) is 10.2 Å². The average molecular weight is 2120 g/mol. The van der Waals surface area contributed by atoms with Crippen LogP contribution in [0.15, 0.2) is 177 Å². The molecule has 6 N–H and O–H groups in total. The maximum Gasteiger partial charge on any atom is 0.180 e. The number of hydrogen-bond donors (Lipinski definition) is 6. The van der Waals surface area contributed by atoms with Crippen molar-refractivity contribution in [3.63, 3.8) is 0 Å². The topological polar surface area (TPSA) is 217 Å². The summed E-state index contributed by atoms with van der Waals surface area (Å²) in [4.78, 5) is 0. The van der Waals surface area contributed by atoms with Gasteiger partial charge in [-0.15, -0.1) is 0 Å². The highest BCUT2D eigenvalue weighted by molar-refractivity contribution is 6.64. The molecule has 0 atom stereocenters. The summed E-state index contributed by atoms with van der Waals surface area (Å²) in [5.74, 6) is 3.28. The van der Waals surface area contributed by atoms with Crippen molar-refractivity contribution in [3.05, 3.63) is 303 Å². The van der Waals surface area contributed by atoms with Gasteiger partial charge in [0.25, 0.3) is 0 Å². The Kier molecular flexibility index (Phi) is 36.8. The third-order valence-electron chi connectivity index (χ3n) is 24.5. The van der Waals surface area contributed by atoms with Crippen LogP contribution < -0.4 is 9.47 Å². The standard InChI is InChI=1S/C108H124N4O10.4CHCl3/c1-101(2,3)79-41-63-33-67-45-81(103(7,8)9)49-71(95(67)115)37-75-53-85(107(19,20)21)54-76(38-72-50-82(104(10,11)12)46-68(96(72)116)34-64(42-79)93(63)113)99(75)119-59-89-57-91(111-121-89)61-25-29-87(30-26-61)109-110-88-31-27-62(28-32-88)92-58-90(122-112-92)60-120-100-77-39-73-51-83(105(13,14)15)47-69(97(73)117)35-65-43-80(102(4,5)6)44-66(94(65)114)36-70-48-84(106(16,17)18)52-74(98(70)118)40-78(100)56-86(55-77)108(22,23)24;4*2-1(3)4/h25-32,41-58,113-118H,33-40,59-60H2,1-24H3;4*1H. The van der Waals surface area contributed by atoms with Crippen molar-refractivity contribution >= 4 is 151 Å². The first-order valence-corrected chi connectivity index (χ1v) is 50.9. The molecule has 26 heteroatoms. The summed E-state index contributed by atoms with van der Waals surface area (Å²) in [6.07, 6.45) is 2.43. The van der Waals surface area contributed by atoms with E-state index in [1.54, 1.807) is 0 Å². The van der Waals surface area contributed by atoms with Crippen LogP contribution in [0.1, 0.15) is 311 Å². The third-order valence-corrected chi connectivity index (χ3v) is 24.5. The summed E-state index contributed by atoms with van der Waals surface area (Å²) in [5.41, 5.74) is 22.5. The zero-order chi connectivity index (χ0) is 103. The van der Waals surface area contributed by atoms with E-state index in [1.807, 2.05) is 60.7 Å². The minimum absolute atomic E-state index is 0.0336. The van der Waals surface area contributed by atoms with E-state index in [0.717, 1.165) is 100 Å². The number of nitrogens with zero attached hydrogens (tertiary/aromatic N) is 4. The SMILES string of the molecule is CC(C)(C)c1cc2c(O)c(c1)Cc1cc(C(C)(C)C)cc(c1O)Cc1cc(C(C)(C)C)cc(c1OCc1cc(-c3ccc(N=Nc4ccc(-c5cc(COc6c7cc(C(C)(C)C)cc6Cc6cc(C(C)(C)C)cc(c6O)Cc6cc(C(C)(C)C)cc(c6O)Cc6cc(C(C)(C)C)cc(c6O)C7)on5)cc4)cc3)no1)Cc1cc(C(C)(C)C)cc(c1O)C2.ClC(Cl)Cl.ClC(Cl)Cl.ClC(Cl)Cl.ClC(Cl)Cl. The van der Waals surface area contributed by atoms with Gasteiger partial charge >= 0.3 is 0 Å². The van der Waals surface area contributed by atoms with E-state index in [9.17, 15) is 30.6 Å². The van der Waals surface area contributed by atoms with Gasteiger partial charge in [-0.3, -0.25) is 0 Å². The Balaban J connectivity index is 0.00000114. The van der Waals surface area contributed by atoms with Gasteiger partial charge in [0.05, 0.1) is 11.4 Å². The molecule has 0 radical (unpaired) electrons. The lowest BCUT2D eigenvalue weighted by Crippen LogP contribution is -2.16. The van der Waals surface area contributed by atoms with Gasteiger partial charge in [-0.25, -0.2) is 0 Å². The average Bonchev–Trinajstić information content (AvgIpc) is 0.824. The largest absolute Gasteiger partial charge is 0.507 e. The van der Waals surface area contributed by atoms with Gasteiger partial charge in [0, 0.05) is 74.6 Å². The number of aromatic nitrogens is 2. The highest BCUT2D eigenvalue weighted by Gasteiger charge is 2.34. The smallest absolute Gasteiger partial charge is 0.180 e. The van der Waals surface area contributed by atoms with Gasteiger partial charge in [-0.1, -0.05) is 437 Å². The Morgan fingerprint density at radius 3 is 0.543 bits per heavy atom. The molecular formula is C112H128Cl12N4O10. The zero-order valence-electron chi connectivity index (χ0n) is 83.0. The normalized spacial score (nSPS) is 13.3. The van der Waals surface area contributed by atoms with E-state index in [0.29, 0.717) is 116 Å². The van der Waals surface area contributed by atoms with E-state index < -0.39 is 17.2 Å². The fourth-order valence-corrected chi connectivity index (χ4v) is 16.5. The summed E-state index contributed by atoms with van der Waals surface area (Å²) in [7, 11) is 0. The van der Waals surface area contributed by atoms with Crippen LogP contribution in [0.4, 0.5) is 11.4 Å². The molecule has 12 aromatic rings. The van der Waals surface area contributed by atoms with Gasteiger partial charge in [0.2, 0.25) is 0 Å². The number of phenolic OH excluding ortho intramolecular Hbond substituents is 6. The number of ether oxygens (including phenoxy) is 2. The van der Waals surface area contributed by atoms with E-state index in [-0.39, 0.29) is 117 Å². The lowest BCUT2D eigenvalue weighted by molar-refractivity contribution is 0.246. The monoisotopic (exact) mass is 2110 g/mol. The quantitative estimate of drug-likeness (QED) is 0.0557. The lowest BCUT2D eigenvalue weighted by atomic mass is 9.79. The van der Waals surface area contributed by atoms with Crippen LogP contribution in [0.25, 0.3) is 22.5 Å². The molecule has 16 bridgehead atoms. The molecule has 2 aliphatic carbocycles. The highest BCUT2D eigenvalue weighted by Crippen LogP contribution is 2.49. The Bertz CT molecular complexity index is 5680. The number of phenols is 6. The second-order valence-corrected chi connectivity index (χ2v) is 51.7. The van der Waals surface area contributed by atoms with Crippen LogP contribution >= 0.6 is 139 Å². The molecule has 0 saturated carbocycles. The molecule has 2 aromatic heterocycles. The predicted molar refractivity (Wildman–Crippen MR) is 576 cm³/mol. The second-order valence-electron chi connectivity index (χ2n) is 43.7. The lowest BCUT2D eigenvalue weighted by Gasteiger charge is -2.27. The molecule has 0 saturated heterocycles. The summed E-state index contributed by atoms with van der Waals surface area (Å²) in [5, 5.41) is 93.7. The van der Waals surface area contributed by atoms with Gasteiger partial charge in [-0.2, -0.15) is 10.2 Å². The summed E-state index contributed by atoms with van der Waals surface area (Å²) < 4.78 is 23.4. The van der Waals surface area contributed by atoms with Crippen LogP contribution in [0, 0.1) is 0 Å². The molecule has 0 aliphatic heterocycles. The van der Waals surface area contributed by atoms with Crippen LogP contribution in [-0.4, -0.2) is 58.1 Å². The highest BCUT2D eigenvalue weighted by atomic mass is 35.6. The van der Waals surface area contributed by atoms with Gasteiger partial charge < -0.3 is 49.2 Å². The molecular weight excluding hydrogens is 1990 g/mol. The minimum Gasteiger partial charge on any atom is -0.507 e. The predicted octanol–water partition coefficient (Wildman–Crippen LogP) is 34.5. The molecule has 740 valence electrons. The number of benzene rings is 10. The second kappa shape index (κ2) is 45.4. The molecule has 0 fully saturated rings. The Hall–Kier alpha value is -7.90. The van der Waals surface area contributed by atoms with Crippen LogP contribution in [-0.2, 0) is 108 Å². The van der Waals surface area contributed by atoms with Crippen molar-refractivity contribution in [1.82, 2.24) is 10.3 Å². The van der Waals surface area contributed by atoms with Crippen LogP contribution in [0.5, 0.6) is 46.0 Å². The maximum atomic E-state index is 12.7. The van der Waals surface area contributed by atoms with Crippen molar-refractivity contribution < 1.29 is 49.2 Å². The fraction of sp³-hybridized carbons (Fsp3) is 0.411. The van der Waals surface area contributed by atoms with Crippen molar-refractivity contribution in [1.29, 1.82) is 0 Å². The van der Waals surface area contributed by atoms with E-state index in [1.165, 1.54) is 0 Å². The van der Waals surface area contributed by atoms with Crippen LogP contribution in [0.3, 0.4) is 0 Å². The summed E-state index contributed by atoms with van der Waals surface area (Å²) >= 11 is 57.7. The van der Waals surface area contributed by atoms with Crippen molar-refractivity contribution in [3.8, 4) is 68.5 Å². The summed E-state index contributed by atoms with van der Waals surface area (Å²) in [6, 6.07) is 53.0. The minimum atomic E-state index is -0.750. The third kappa shape index (κ3) is 30.4. The maximum absolute atomic E-state index is 12.7. The van der Waals surface area contributed by atoms with E-state index in [4.69, 9.17) is 158 Å². The number of rotatable bonds is 10. The molecule has 138 heavy (non-hydrogen) atoms. The number of alkyl halides is 12. The molecule has 14 nitrogen and oxygen atoms in total. The van der Waals surface area contributed by atoms with Gasteiger partial charge in [0.1, 0.15) is 70.6 Å². The van der Waals surface area contributed by atoms with E-state index >= 15 is 0 Å². The molecule has 2 aliphatic rings. The summed E-state index contributed by atoms with van der Waals surface area (Å²) in [6.45, 7) is 52.5. The molecule has 14 rings (SSSR count). The fourth-order valence-electron chi connectivity index (χ4n) is 16.5.